The van der Waals surface area contributed by atoms with Crippen LogP contribution in [-0.4, -0.2) is 18.5 Å². The number of benzene rings is 2. The molecule has 0 bridgehead atoms. The van der Waals surface area contributed by atoms with Crippen molar-refractivity contribution in [2.24, 2.45) is 0 Å². The van der Waals surface area contributed by atoms with Crippen LogP contribution >= 0.6 is 0 Å². The van der Waals surface area contributed by atoms with Gasteiger partial charge >= 0.3 is 12.1 Å². The fourth-order valence-electron chi connectivity index (χ4n) is 1.85. The van der Waals surface area contributed by atoms with Crippen LogP contribution in [0.3, 0.4) is 0 Å². The highest BCUT2D eigenvalue weighted by Gasteiger charge is 2.29. The SMILES string of the molecule is O=C(COC(=O)C=Cc1ccc(C(F)(F)F)cc1)Nc1ccccc1. The third kappa shape index (κ3) is 6.14. The van der Waals surface area contributed by atoms with Gasteiger partial charge in [0.25, 0.3) is 5.91 Å². The van der Waals surface area contributed by atoms with Gasteiger partial charge in [-0.25, -0.2) is 4.79 Å². The first-order valence-corrected chi connectivity index (χ1v) is 7.21. The number of carbonyl (C=O) groups excluding carboxylic acids is 2. The van der Waals surface area contributed by atoms with Crippen LogP contribution in [0.15, 0.2) is 60.7 Å². The smallest absolute Gasteiger partial charge is 0.416 e. The highest BCUT2D eigenvalue weighted by atomic mass is 19.4. The molecule has 2 aromatic rings. The molecule has 0 saturated heterocycles. The van der Waals surface area contributed by atoms with Gasteiger partial charge in [-0.15, -0.1) is 0 Å². The molecule has 0 saturated carbocycles. The molecule has 0 aliphatic rings. The van der Waals surface area contributed by atoms with Gasteiger partial charge in [0.05, 0.1) is 5.56 Å². The van der Waals surface area contributed by atoms with Crippen LogP contribution in [0, 0.1) is 0 Å². The van der Waals surface area contributed by atoms with E-state index in [1.807, 2.05) is 0 Å². The molecule has 0 heterocycles. The lowest BCUT2D eigenvalue weighted by Crippen LogP contribution is -2.20. The van der Waals surface area contributed by atoms with E-state index in [1.165, 1.54) is 18.2 Å². The molecule has 0 spiro atoms. The van der Waals surface area contributed by atoms with E-state index < -0.39 is 30.2 Å². The molecule has 0 fully saturated rings. The third-order valence-electron chi connectivity index (χ3n) is 3.05. The highest BCUT2D eigenvalue weighted by molar-refractivity contribution is 5.94. The minimum absolute atomic E-state index is 0.402. The van der Waals surface area contributed by atoms with Crippen LogP contribution in [-0.2, 0) is 20.5 Å². The predicted molar refractivity (Wildman–Crippen MR) is 86.5 cm³/mol. The first-order valence-electron chi connectivity index (χ1n) is 7.21. The Labute approximate surface area is 141 Å². The number of carbonyl (C=O) groups is 2. The standard InChI is InChI=1S/C18H14F3NO3/c19-18(20,21)14-9-6-13(7-10-14)8-11-17(24)25-12-16(23)22-15-4-2-1-3-5-15/h1-11H,12H2,(H,22,23). The fourth-order valence-corrected chi connectivity index (χ4v) is 1.85. The second-order valence-electron chi connectivity index (χ2n) is 4.98. The number of ether oxygens (including phenoxy) is 1. The van der Waals surface area contributed by atoms with E-state index in [0.29, 0.717) is 11.3 Å². The summed E-state index contributed by atoms with van der Waals surface area (Å²) < 4.78 is 42.1. The molecule has 25 heavy (non-hydrogen) atoms. The Balaban J connectivity index is 1.81. The number of rotatable bonds is 5. The van der Waals surface area contributed by atoms with Crippen molar-refractivity contribution in [3.05, 3.63) is 71.8 Å². The Hall–Kier alpha value is -3.09. The van der Waals surface area contributed by atoms with Crippen LogP contribution in [0.5, 0.6) is 0 Å². The molecule has 4 nitrogen and oxygen atoms in total. The van der Waals surface area contributed by atoms with Crippen LogP contribution in [0.4, 0.5) is 18.9 Å². The van der Waals surface area contributed by atoms with Crippen LogP contribution < -0.4 is 5.32 Å². The number of nitrogens with one attached hydrogen (secondary N) is 1. The molecule has 1 amide bonds. The predicted octanol–water partition coefficient (Wildman–Crippen LogP) is 3.90. The van der Waals surface area contributed by atoms with Crippen molar-refractivity contribution < 1.29 is 27.5 Å². The summed E-state index contributed by atoms with van der Waals surface area (Å²) in [5.74, 6) is -1.27. The van der Waals surface area contributed by atoms with E-state index in [0.717, 1.165) is 18.2 Å². The molecule has 2 aromatic carbocycles. The summed E-state index contributed by atoms with van der Waals surface area (Å²) in [6.07, 6.45) is -2.07. The minimum atomic E-state index is -4.41. The molecular formula is C18H14F3NO3. The zero-order valence-electron chi connectivity index (χ0n) is 12.9. The fraction of sp³-hybridized carbons (Fsp3) is 0.111. The highest BCUT2D eigenvalue weighted by Crippen LogP contribution is 2.29. The van der Waals surface area contributed by atoms with Crippen LogP contribution in [0.1, 0.15) is 11.1 Å². The monoisotopic (exact) mass is 349 g/mol. The molecular weight excluding hydrogens is 335 g/mol. The summed E-state index contributed by atoms with van der Waals surface area (Å²) in [4.78, 5) is 23.1. The topological polar surface area (TPSA) is 55.4 Å². The second kappa shape index (κ2) is 8.14. The Kier molecular flexibility index (Phi) is 5.94. The lowest BCUT2D eigenvalue weighted by molar-refractivity contribution is -0.142. The van der Waals surface area contributed by atoms with Crippen LogP contribution in [0.25, 0.3) is 6.08 Å². The van der Waals surface area contributed by atoms with Gasteiger partial charge < -0.3 is 10.1 Å². The first kappa shape index (κ1) is 18.3. The largest absolute Gasteiger partial charge is 0.452 e. The van der Waals surface area contributed by atoms with Crippen molar-refractivity contribution in [1.29, 1.82) is 0 Å². The quantitative estimate of drug-likeness (QED) is 0.658. The number of hydrogen-bond acceptors (Lipinski definition) is 3. The summed E-state index contributed by atoms with van der Waals surface area (Å²) in [5, 5.41) is 2.54. The van der Waals surface area contributed by atoms with Gasteiger partial charge in [0.2, 0.25) is 0 Å². The maximum Gasteiger partial charge on any atom is 0.416 e. The van der Waals surface area contributed by atoms with Crippen molar-refractivity contribution in [1.82, 2.24) is 0 Å². The molecule has 7 heteroatoms. The normalized spacial score (nSPS) is 11.3. The van der Waals surface area contributed by atoms with Crippen molar-refractivity contribution >= 4 is 23.6 Å². The van der Waals surface area contributed by atoms with Crippen LogP contribution in [0.2, 0.25) is 0 Å². The Morgan fingerprint density at radius 2 is 1.64 bits per heavy atom. The summed E-state index contributed by atoms with van der Waals surface area (Å²) in [5.41, 5.74) is 0.201. The van der Waals surface area contributed by atoms with E-state index in [-0.39, 0.29) is 0 Å². The van der Waals surface area contributed by atoms with E-state index in [9.17, 15) is 22.8 Å². The van der Waals surface area contributed by atoms with Gasteiger partial charge in [0, 0.05) is 11.8 Å². The summed E-state index contributed by atoms with van der Waals surface area (Å²) in [7, 11) is 0. The van der Waals surface area contributed by atoms with E-state index >= 15 is 0 Å². The molecule has 0 atom stereocenters. The molecule has 0 aromatic heterocycles. The second-order valence-corrected chi connectivity index (χ2v) is 4.98. The van der Waals surface area contributed by atoms with Gasteiger partial charge in [-0.3, -0.25) is 4.79 Å². The Morgan fingerprint density at radius 3 is 2.24 bits per heavy atom. The maximum absolute atomic E-state index is 12.4. The third-order valence-corrected chi connectivity index (χ3v) is 3.05. The number of halogens is 3. The zero-order chi connectivity index (χ0) is 18.3. The average Bonchev–Trinajstić information content (AvgIpc) is 2.58. The summed E-state index contributed by atoms with van der Waals surface area (Å²) in [6.45, 7) is -0.467. The number of anilines is 1. The number of esters is 1. The number of amides is 1. The molecule has 0 radical (unpaired) electrons. The van der Waals surface area contributed by atoms with E-state index in [2.05, 4.69) is 5.32 Å². The molecule has 1 N–H and O–H groups in total. The zero-order valence-corrected chi connectivity index (χ0v) is 12.9. The lowest BCUT2D eigenvalue weighted by atomic mass is 10.1. The number of para-hydroxylation sites is 1. The molecule has 0 unspecified atom stereocenters. The Bertz CT molecular complexity index is 753. The Morgan fingerprint density at radius 1 is 1.00 bits per heavy atom. The molecule has 0 aliphatic carbocycles. The number of hydrogen-bond donors (Lipinski definition) is 1. The molecule has 0 aliphatic heterocycles. The van der Waals surface area contributed by atoms with Gasteiger partial charge in [0.15, 0.2) is 6.61 Å². The van der Waals surface area contributed by atoms with Crippen molar-refractivity contribution in [2.45, 2.75) is 6.18 Å². The van der Waals surface area contributed by atoms with Gasteiger partial charge in [0.1, 0.15) is 0 Å². The van der Waals surface area contributed by atoms with Crippen molar-refractivity contribution in [3.63, 3.8) is 0 Å². The van der Waals surface area contributed by atoms with E-state index in [4.69, 9.17) is 4.74 Å². The number of alkyl halides is 3. The average molecular weight is 349 g/mol. The maximum atomic E-state index is 12.4. The van der Waals surface area contributed by atoms with Gasteiger partial charge in [-0.2, -0.15) is 13.2 Å². The molecule has 130 valence electrons. The molecule has 2 rings (SSSR count). The lowest BCUT2D eigenvalue weighted by Gasteiger charge is -2.06. The summed E-state index contributed by atoms with van der Waals surface area (Å²) >= 11 is 0. The summed E-state index contributed by atoms with van der Waals surface area (Å²) in [6, 6.07) is 12.9. The van der Waals surface area contributed by atoms with Gasteiger partial charge in [-0.05, 0) is 35.9 Å². The first-order chi connectivity index (χ1) is 11.8. The van der Waals surface area contributed by atoms with Gasteiger partial charge in [-0.1, -0.05) is 30.3 Å². The van der Waals surface area contributed by atoms with Crippen molar-refractivity contribution in [3.8, 4) is 0 Å². The minimum Gasteiger partial charge on any atom is -0.452 e. The van der Waals surface area contributed by atoms with E-state index in [1.54, 1.807) is 30.3 Å². The van der Waals surface area contributed by atoms with Crippen molar-refractivity contribution in [2.75, 3.05) is 11.9 Å².